The average Bonchev–Trinajstić information content (AvgIpc) is 3.42. The number of fused-ring (bicyclic) bond motifs is 1. The van der Waals surface area contributed by atoms with Crippen molar-refractivity contribution in [2.45, 2.75) is 36.8 Å². The zero-order valence-corrected chi connectivity index (χ0v) is 22.5. The Morgan fingerprint density at radius 1 is 0.769 bits per heavy atom. The topological polar surface area (TPSA) is 49.8 Å². The van der Waals surface area contributed by atoms with E-state index in [0.717, 1.165) is 23.3 Å². The van der Waals surface area contributed by atoms with Crippen molar-refractivity contribution < 1.29 is 14.6 Å². The third-order valence-corrected chi connectivity index (χ3v) is 9.30. The van der Waals surface area contributed by atoms with Crippen molar-refractivity contribution in [2.24, 2.45) is 11.8 Å². The number of methoxy groups -OCH3 is 1. The van der Waals surface area contributed by atoms with Crippen molar-refractivity contribution in [1.82, 2.24) is 4.90 Å². The minimum atomic E-state index is -1.08. The lowest BCUT2D eigenvalue weighted by Gasteiger charge is -2.54. The molecule has 1 heterocycles. The first-order chi connectivity index (χ1) is 19.0. The number of carbonyl (C=O) groups excluding carboxylic acids is 1. The number of amides is 1. The third-order valence-electron chi connectivity index (χ3n) is 9.30. The highest BCUT2D eigenvalue weighted by molar-refractivity contribution is 5.75. The van der Waals surface area contributed by atoms with Crippen LogP contribution in [0.4, 0.5) is 0 Å². The van der Waals surface area contributed by atoms with Gasteiger partial charge in [0.25, 0.3) is 0 Å². The van der Waals surface area contributed by atoms with Gasteiger partial charge in [0, 0.05) is 36.3 Å². The van der Waals surface area contributed by atoms with E-state index in [9.17, 15) is 9.90 Å². The lowest BCUT2D eigenvalue weighted by atomic mass is 9.50. The van der Waals surface area contributed by atoms with Gasteiger partial charge in [0.05, 0.1) is 18.8 Å². The van der Waals surface area contributed by atoms with Gasteiger partial charge in [-0.1, -0.05) is 109 Å². The van der Waals surface area contributed by atoms with Gasteiger partial charge in [-0.25, -0.2) is 0 Å². The van der Waals surface area contributed by atoms with Crippen LogP contribution in [-0.2, 0) is 15.8 Å². The minimum Gasteiger partial charge on any atom is -0.496 e. The maximum Gasteiger partial charge on any atom is 0.219 e. The molecule has 39 heavy (non-hydrogen) atoms. The van der Waals surface area contributed by atoms with Gasteiger partial charge >= 0.3 is 0 Å². The van der Waals surface area contributed by atoms with Crippen LogP contribution in [0.3, 0.4) is 0 Å². The predicted molar refractivity (Wildman–Crippen MR) is 153 cm³/mol. The number of para-hydroxylation sites is 1. The molecular weight excluding hydrogens is 482 g/mol. The van der Waals surface area contributed by atoms with Gasteiger partial charge < -0.3 is 14.7 Å². The van der Waals surface area contributed by atoms with Crippen molar-refractivity contribution in [3.63, 3.8) is 0 Å². The molecule has 1 aliphatic carbocycles. The Balaban J connectivity index is 1.67. The number of nitrogens with zero attached hydrogens (tertiary/aromatic N) is 1. The summed E-state index contributed by atoms with van der Waals surface area (Å²) in [4.78, 5) is 15.4. The van der Waals surface area contributed by atoms with Gasteiger partial charge in [-0.3, -0.25) is 4.79 Å². The molecular formula is C35H35NO3. The summed E-state index contributed by atoms with van der Waals surface area (Å²) in [6.45, 7) is 2.11. The van der Waals surface area contributed by atoms with Gasteiger partial charge in [0.2, 0.25) is 5.91 Å². The van der Waals surface area contributed by atoms with Crippen LogP contribution in [0.1, 0.15) is 48.1 Å². The van der Waals surface area contributed by atoms with E-state index in [1.54, 1.807) is 14.0 Å². The second-order valence-corrected chi connectivity index (χ2v) is 11.0. The lowest BCUT2D eigenvalue weighted by Crippen LogP contribution is -2.54. The van der Waals surface area contributed by atoms with Gasteiger partial charge in [-0.05, 0) is 35.6 Å². The summed E-state index contributed by atoms with van der Waals surface area (Å²) in [6.07, 6.45) is 1.33. The SMILES string of the molecule is COc1ccccc1C1[C@H]2[C@@H](CN1C(C)=O)[C@](O)(c1ccccc1)CCC2(c1ccccc1)c1ccccc1. The number of rotatable bonds is 5. The molecule has 6 rings (SSSR count). The van der Waals surface area contributed by atoms with E-state index in [0.29, 0.717) is 13.0 Å². The molecule has 0 radical (unpaired) electrons. The molecule has 2 fully saturated rings. The third kappa shape index (κ3) is 3.97. The Labute approximate surface area is 230 Å². The number of aliphatic hydroxyl groups is 1. The molecule has 0 spiro atoms. The zero-order valence-electron chi connectivity index (χ0n) is 22.5. The molecule has 0 aromatic heterocycles. The standard InChI is InChI=1S/C35H35NO3/c1-25(37)36-24-30-32(33(36)29-20-12-13-21-31(29)39-2)34(26-14-6-3-7-15-26,27-16-8-4-9-17-27)22-23-35(30,38)28-18-10-5-11-19-28/h3-21,30,32-33,38H,22-24H2,1-2H3/t30-,32-,33?,35-/m1/s1. The second kappa shape index (κ2) is 10.0. The summed E-state index contributed by atoms with van der Waals surface area (Å²) in [5.41, 5.74) is 2.82. The molecule has 4 aromatic carbocycles. The summed E-state index contributed by atoms with van der Waals surface area (Å²) < 4.78 is 5.88. The van der Waals surface area contributed by atoms with E-state index >= 15 is 0 Å². The Morgan fingerprint density at radius 2 is 1.28 bits per heavy atom. The van der Waals surface area contributed by atoms with Crippen LogP contribution in [0.2, 0.25) is 0 Å². The summed E-state index contributed by atoms with van der Waals surface area (Å²) in [7, 11) is 1.69. The van der Waals surface area contributed by atoms with Crippen LogP contribution in [0.15, 0.2) is 115 Å². The number of hydrogen-bond donors (Lipinski definition) is 1. The van der Waals surface area contributed by atoms with Crippen LogP contribution >= 0.6 is 0 Å². The molecule has 1 saturated carbocycles. The molecule has 4 nitrogen and oxygen atoms in total. The second-order valence-electron chi connectivity index (χ2n) is 11.0. The van der Waals surface area contributed by atoms with Crippen LogP contribution in [0.25, 0.3) is 0 Å². The molecule has 4 atom stereocenters. The maximum atomic E-state index is 13.4. The largest absolute Gasteiger partial charge is 0.496 e. The highest BCUT2D eigenvalue weighted by Crippen LogP contribution is 2.64. The van der Waals surface area contributed by atoms with E-state index in [-0.39, 0.29) is 23.8 Å². The van der Waals surface area contributed by atoms with Crippen molar-refractivity contribution in [2.75, 3.05) is 13.7 Å². The van der Waals surface area contributed by atoms with Crippen LogP contribution < -0.4 is 4.74 Å². The normalized spacial score (nSPS) is 25.6. The van der Waals surface area contributed by atoms with Crippen LogP contribution in [0.5, 0.6) is 5.75 Å². The fourth-order valence-corrected chi connectivity index (χ4v) is 7.65. The highest BCUT2D eigenvalue weighted by Gasteiger charge is 2.64. The predicted octanol–water partition coefficient (Wildman–Crippen LogP) is 6.50. The van der Waals surface area contributed by atoms with Crippen molar-refractivity contribution in [1.29, 1.82) is 0 Å². The summed E-state index contributed by atoms with van der Waals surface area (Å²) in [6, 6.07) is 39.2. The van der Waals surface area contributed by atoms with E-state index in [1.807, 2.05) is 53.4 Å². The first-order valence-corrected chi connectivity index (χ1v) is 13.8. The van der Waals surface area contributed by atoms with Gasteiger partial charge in [0.15, 0.2) is 0 Å². The smallest absolute Gasteiger partial charge is 0.219 e. The number of benzene rings is 4. The molecule has 4 aromatic rings. The van der Waals surface area contributed by atoms with Crippen molar-refractivity contribution in [3.8, 4) is 5.75 Å². The fraction of sp³-hybridized carbons (Fsp3) is 0.286. The number of carbonyl (C=O) groups is 1. The summed E-state index contributed by atoms with van der Waals surface area (Å²) in [5, 5.41) is 12.7. The monoisotopic (exact) mass is 517 g/mol. The first kappa shape index (κ1) is 25.4. The summed E-state index contributed by atoms with van der Waals surface area (Å²) in [5.74, 6) is 0.457. The molecule has 1 aliphatic heterocycles. The molecule has 1 saturated heterocycles. The van der Waals surface area contributed by atoms with Gasteiger partial charge in [-0.2, -0.15) is 0 Å². The van der Waals surface area contributed by atoms with Gasteiger partial charge in [-0.15, -0.1) is 0 Å². The van der Waals surface area contributed by atoms with Gasteiger partial charge in [0.1, 0.15) is 5.75 Å². The molecule has 1 unspecified atom stereocenters. The molecule has 0 bridgehead atoms. The molecule has 2 aliphatic rings. The zero-order chi connectivity index (χ0) is 27.0. The van der Waals surface area contributed by atoms with E-state index in [2.05, 4.69) is 66.7 Å². The Kier molecular flexibility index (Phi) is 6.52. The van der Waals surface area contributed by atoms with Crippen molar-refractivity contribution in [3.05, 3.63) is 138 Å². The number of ether oxygens (including phenoxy) is 1. The maximum absolute atomic E-state index is 13.4. The highest BCUT2D eigenvalue weighted by atomic mass is 16.5. The van der Waals surface area contributed by atoms with Crippen molar-refractivity contribution >= 4 is 5.91 Å². The van der Waals surface area contributed by atoms with E-state index in [1.165, 1.54) is 11.1 Å². The molecule has 1 amide bonds. The van der Waals surface area contributed by atoms with E-state index < -0.39 is 11.0 Å². The van der Waals surface area contributed by atoms with E-state index in [4.69, 9.17) is 4.74 Å². The van der Waals surface area contributed by atoms with Crippen LogP contribution in [-0.4, -0.2) is 29.6 Å². The minimum absolute atomic E-state index is 0.00532. The average molecular weight is 518 g/mol. The first-order valence-electron chi connectivity index (χ1n) is 13.8. The quantitative estimate of drug-likeness (QED) is 0.329. The Bertz CT molecular complexity index is 1400. The summed E-state index contributed by atoms with van der Waals surface area (Å²) >= 11 is 0. The number of hydrogen-bond acceptors (Lipinski definition) is 3. The lowest BCUT2D eigenvalue weighted by molar-refractivity contribution is -0.130. The van der Waals surface area contributed by atoms with Crippen LogP contribution in [0, 0.1) is 11.8 Å². The molecule has 4 heteroatoms. The fourth-order valence-electron chi connectivity index (χ4n) is 7.65. The molecule has 198 valence electrons. The molecule has 1 N–H and O–H groups in total. The Hall–Kier alpha value is -3.89. The Morgan fingerprint density at radius 3 is 1.82 bits per heavy atom. The number of likely N-dealkylation sites (tertiary alicyclic amines) is 1.